The Balaban J connectivity index is 2.34. The minimum atomic E-state index is -3.48. The van der Waals surface area contributed by atoms with E-state index < -0.39 is 33.9 Å². The zero-order valence-electron chi connectivity index (χ0n) is 11.2. The smallest absolute Gasteiger partial charge is 0.326 e. The molecule has 0 aromatic heterocycles. The number of hydrogen-bond donors (Lipinski definition) is 1. The number of carbonyl (C=O) groups is 2. The molecule has 2 atom stereocenters. The summed E-state index contributed by atoms with van der Waals surface area (Å²) in [6.45, 7) is -0.307. The molecule has 1 fully saturated rings. The number of carbonyl (C=O) groups excluding carboxylic acids is 1. The Morgan fingerprint density at radius 2 is 2.05 bits per heavy atom. The number of benzene rings is 1. The summed E-state index contributed by atoms with van der Waals surface area (Å²) in [6, 6.07) is 4.05. The highest BCUT2D eigenvalue weighted by atomic mass is 32.2. The van der Waals surface area contributed by atoms with Crippen LogP contribution in [0.15, 0.2) is 29.2 Å². The van der Waals surface area contributed by atoms with Crippen molar-refractivity contribution in [1.82, 2.24) is 4.90 Å². The Morgan fingerprint density at radius 3 is 2.62 bits per heavy atom. The van der Waals surface area contributed by atoms with Crippen molar-refractivity contribution in [2.24, 2.45) is 0 Å². The Hall–Kier alpha value is -1.96. The second kappa shape index (κ2) is 5.44. The van der Waals surface area contributed by atoms with E-state index in [0.29, 0.717) is 0 Å². The molecular weight excluding hydrogens is 301 g/mol. The third kappa shape index (κ3) is 3.21. The van der Waals surface area contributed by atoms with E-state index in [4.69, 9.17) is 5.11 Å². The summed E-state index contributed by atoms with van der Waals surface area (Å²) >= 11 is 0. The van der Waals surface area contributed by atoms with Gasteiger partial charge in [0.15, 0.2) is 9.84 Å². The molecule has 1 aromatic rings. The normalized spacial score (nSPS) is 22.3. The minimum Gasteiger partial charge on any atom is -0.480 e. The minimum absolute atomic E-state index is 0.0262. The molecule has 1 saturated heterocycles. The van der Waals surface area contributed by atoms with E-state index in [1.54, 1.807) is 0 Å². The first-order valence-electron chi connectivity index (χ1n) is 6.18. The molecule has 1 aromatic carbocycles. The van der Waals surface area contributed by atoms with Crippen molar-refractivity contribution >= 4 is 21.7 Å². The number of carboxylic acids is 1. The molecular formula is C13H14FNO5S. The molecule has 114 valence electrons. The van der Waals surface area contributed by atoms with E-state index in [2.05, 4.69) is 0 Å². The molecule has 21 heavy (non-hydrogen) atoms. The van der Waals surface area contributed by atoms with Crippen LogP contribution >= 0.6 is 0 Å². The summed E-state index contributed by atoms with van der Waals surface area (Å²) in [5.74, 6) is -1.96. The van der Waals surface area contributed by atoms with Crippen molar-refractivity contribution in [3.8, 4) is 0 Å². The lowest BCUT2D eigenvalue weighted by Crippen LogP contribution is -2.40. The standard InChI is InChI=1S/C13H14FNO5S/c1-21(19,20)10-4-2-3-8(5-10)12(16)15-7-9(14)6-11(15)13(17)18/h2-5,9,11H,6-7H2,1H3,(H,17,18)/t9-,11?/m0/s1. The number of likely N-dealkylation sites (tertiary alicyclic amines) is 1. The molecule has 1 aliphatic heterocycles. The summed E-state index contributed by atoms with van der Waals surface area (Å²) in [5.41, 5.74) is 0.0262. The van der Waals surface area contributed by atoms with Crippen molar-refractivity contribution in [1.29, 1.82) is 0 Å². The van der Waals surface area contributed by atoms with Crippen LogP contribution in [0.1, 0.15) is 16.8 Å². The zero-order valence-corrected chi connectivity index (χ0v) is 12.0. The van der Waals surface area contributed by atoms with Gasteiger partial charge in [-0.3, -0.25) is 4.79 Å². The molecule has 0 saturated carbocycles. The van der Waals surface area contributed by atoms with Crippen LogP contribution in [0.4, 0.5) is 4.39 Å². The van der Waals surface area contributed by atoms with Gasteiger partial charge in [0, 0.05) is 18.2 Å². The highest BCUT2D eigenvalue weighted by Crippen LogP contribution is 2.23. The van der Waals surface area contributed by atoms with Gasteiger partial charge >= 0.3 is 5.97 Å². The lowest BCUT2D eigenvalue weighted by atomic mass is 10.1. The molecule has 0 spiro atoms. The monoisotopic (exact) mass is 315 g/mol. The van der Waals surface area contributed by atoms with Crippen molar-refractivity contribution in [2.45, 2.75) is 23.5 Å². The average Bonchev–Trinajstić information content (AvgIpc) is 2.79. The van der Waals surface area contributed by atoms with Gasteiger partial charge in [-0.1, -0.05) is 6.07 Å². The van der Waals surface area contributed by atoms with E-state index >= 15 is 0 Å². The van der Waals surface area contributed by atoms with Gasteiger partial charge in [0.05, 0.1) is 11.4 Å². The molecule has 1 unspecified atom stereocenters. The molecule has 1 amide bonds. The highest BCUT2D eigenvalue weighted by Gasteiger charge is 2.40. The second-order valence-corrected chi connectivity index (χ2v) is 6.96. The average molecular weight is 315 g/mol. The fraction of sp³-hybridized carbons (Fsp3) is 0.385. The fourth-order valence-corrected chi connectivity index (χ4v) is 2.94. The summed E-state index contributed by atoms with van der Waals surface area (Å²) < 4.78 is 36.3. The third-order valence-electron chi connectivity index (χ3n) is 3.31. The van der Waals surface area contributed by atoms with Crippen LogP contribution in [0.2, 0.25) is 0 Å². The molecule has 6 nitrogen and oxygen atoms in total. The topological polar surface area (TPSA) is 91.8 Å². The first-order valence-corrected chi connectivity index (χ1v) is 8.07. The number of amides is 1. The molecule has 0 bridgehead atoms. The molecule has 1 heterocycles. The molecule has 1 aliphatic rings. The Kier molecular flexibility index (Phi) is 3.99. The van der Waals surface area contributed by atoms with E-state index in [-0.39, 0.29) is 23.4 Å². The lowest BCUT2D eigenvalue weighted by molar-refractivity contribution is -0.141. The van der Waals surface area contributed by atoms with Crippen LogP contribution in [-0.2, 0) is 14.6 Å². The van der Waals surface area contributed by atoms with Crippen molar-refractivity contribution < 1.29 is 27.5 Å². The number of rotatable bonds is 3. The number of carboxylic acid groups (broad SMARTS) is 1. The summed E-state index contributed by atoms with van der Waals surface area (Å²) in [7, 11) is -3.48. The zero-order chi connectivity index (χ0) is 15.8. The lowest BCUT2D eigenvalue weighted by Gasteiger charge is -2.21. The maximum absolute atomic E-state index is 13.4. The van der Waals surface area contributed by atoms with Crippen LogP contribution in [0.5, 0.6) is 0 Å². The van der Waals surface area contributed by atoms with E-state index in [1.165, 1.54) is 24.3 Å². The van der Waals surface area contributed by atoms with Crippen LogP contribution in [0.3, 0.4) is 0 Å². The Labute approximate surface area is 121 Å². The maximum atomic E-state index is 13.4. The predicted octanol–water partition coefficient (Wildman–Crippen LogP) is 0.727. The molecule has 1 N–H and O–H groups in total. The Bertz CT molecular complexity index is 688. The number of aliphatic carboxylic acids is 1. The van der Waals surface area contributed by atoms with Crippen LogP contribution < -0.4 is 0 Å². The van der Waals surface area contributed by atoms with Gasteiger partial charge in [0.25, 0.3) is 5.91 Å². The van der Waals surface area contributed by atoms with Crippen LogP contribution in [0, 0.1) is 0 Å². The number of hydrogen-bond acceptors (Lipinski definition) is 4. The van der Waals surface area contributed by atoms with Gasteiger partial charge in [-0.05, 0) is 18.2 Å². The third-order valence-corrected chi connectivity index (χ3v) is 4.42. The van der Waals surface area contributed by atoms with Gasteiger partial charge in [-0.25, -0.2) is 17.6 Å². The van der Waals surface area contributed by atoms with E-state index in [9.17, 15) is 22.4 Å². The van der Waals surface area contributed by atoms with Gasteiger partial charge in [0.1, 0.15) is 12.2 Å². The number of alkyl halides is 1. The summed E-state index contributed by atoms with van der Waals surface area (Å²) in [5, 5.41) is 9.02. The molecule has 0 aliphatic carbocycles. The van der Waals surface area contributed by atoms with Gasteiger partial charge in [-0.2, -0.15) is 0 Å². The number of halogens is 1. The van der Waals surface area contributed by atoms with Gasteiger partial charge in [0.2, 0.25) is 0 Å². The second-order valence-electron chi connectivity index (χ2n) is 4.94. The maximum Gasteiger partial charge on any atom is 0.326 e. The van der Waals surface area contributed by atoms with Crippen molar-refractivity contribution in [3.63, 3.8) is 0 Å². The van der Waals surface area contributed by atoms with E-state index in [0.717, 1.165) is 11.2 Å². The van der Waals surface area contributed by atoms with Gasteiger partial charge < -0.3 is 10.0 Å². The first kappa shape index (κ1) is 15.4. The highest BCUT2D eigenvalue weighted by molar-refractivity contribution is 7.90. The Morgan fingerprint density at radius 1 is 1.38 bits per heavy atom. The molecule has 0 radical (unpaired) electrons. The SMILES string of the molecule is CS(=O)(=O)c1cccc(C(=O)N2C[C@@H](F)CC2C(=O)O)c1. The molecule has 8 heteroatoms. The number of nitrogens with zero attached hydrogens (tertiary/aromatic N) is 1. The summed E-state index contributed by atoms with van der Waals surface area (Å²) in [4.78, 5) is 24.2. The van der Waals surface area contributed by atoms with Gasteiger partial charge in [-0.15, -0.1) is 0 Å². The summed E-state index contributed by atoms with van der Waals surface area (Å²) in [6.07, 6.45) is -0.648. The molecule has 2 rings (SSSR count). The van der Waals surface area contributed by atoms with Crippen LogP contribution in [-0.4, -0.2) is 55.3 Å². The van der Waals surface area contributed by atoms with Crippen LogP contribution in [0.25, 0.3) is 0 Å². The number of sulfone groups is 1. The van der Waals surface area contributed by atoms with Crippen molar-refractivity contribution in [3.05, 3.63) is 29.8 Å². The predicted molar refractivity (Wildman–Crippen MR) is 71.5 cm³/mol. The van der Waals surface area contributed by atoms with E-state index in [1.807, 2.05) is 0 Å². The largest absolute Gasteiger partial charge is 0.480 e. The van der Waals surface area contributed by atoms with Crippen molar-refractivity contribution in [2.75, 3.05) is 12.8 Å². The first-order chi connectivity index (χ1) is 9.70. The quantitative estimate of drug-likeness (QED) is 0.887. The fourth-order valence-electron chi connectivity index (χ4n) is 2.27.